The van der Waals surface area contributed by atoms with Crippen LogP contribution in [0.2, 0.25) is 0 Å². The van der Waals surface area contributed by atoms with Crippen molar-refractivity contribution >= 4 is 5.91 Å². The van der Waals surface area contributed by atoms with Crippen molar-refractivity contribution < 1.29 is 18.4 Å². The number of aryl methyl sites for hydroxylation is 1. The van der Waals surface area contributed by atoms with Gasteiger partial charge in [-0.2, -0.15) is 0 Å². The Kier molecular flexibility index (Phi) is 5.63. The van der Waals surface area contributed by atoms with Crippen molar-refractivity contribution in [1.29, 1.82) is 0 Å². The first-order valence-electron chi connectivity index (χ1n) is 10.0. The lowest BCUT2D eigenvalue weighted by Gasteiger charge is -2.32. The maximum absolute atomic E-state index is 14.0. The lowest BCUT2D eigenvalue weighted by Crippen LogP contribution is -2.42. The van der Waals surface area contributed by atoms with Gasteiger partial charge in [-0.1, -0.05) is 43.3 Å². The van der Waals surface area contributed by atoms with E-state index < -0.39 is 0 Å². The number of ether oxygens (including phenoxy) is 1. The number of amides is 1. The van der Waals surface area contributed by atoms with E-state index in [-0.39, 0.29) is 23.7 Å². The maximum atomic E-state index is 14.0. The van der Waals surface area contributed by atoms with Crippen molar-refractivity contribution in [3.63, 3.8) is 0 Å². The minimum absolute atomic E-state index is 0.0887. The van der Waals surface area contributed by atoms with Crippen LogP contribution >= 0.6 is 0 Å². The smallest absolute Gasteiger partial charge is 0.259 e. The van der Waals surface area contributed by atoms with Gasteiger partial charge in [-0.3, -0.25) is 9.78 Å². The van der Waals surface area contributed by atoms with Crippen LogP contribution < -0.4 is 0 Å². The zero-order valence-electron chi connectivity index (χ0n) is 17.3. The molecule has 2 aromatic heterocycles. The average Bonchev–Trinajstić information content (AvgIpc) is 3.15. The van der Waals surface area contributed by atoms with E-state index in [1.165, 1.54) is 6.07 Å². The van der Waals surface area contributed by atoms with Crippen molar-refractivity contribution in [3.8, 4) is 11.1 Å². The molecule has 1 atom stereocenters. The summed E-state index contributed by atoms with van der Waals surface area (Å²) in [6.07, 6.45) is 1.29. The van der Waals surface area contributed by atoms with Crippen molar-refractivity contribution in [2.45, 2.75) is 32.8 Å². The molecule has 6 nitrogen and oxygen atoms in total. The van der Waals surface area contributed by atoms with Gasteiger partial charge in [0.1, 0.15) is 23.2 Å². The Morgan fingerprint density at radius 1 is 1.23 bits per heavy atom. The van der Waals surface area contributed by atoms with Crippen molar-refractivity contribution in [3.05, 3.63) is 71.1 Å². The van der Waals surface area contributed by atoms with Crippen LogP contribution in [-0.4, -0.2) is 40.6 Å². The Balaban J connectivity index is 1.53. The predicted molar refractivity (Wildman–Crippen MR) is 110 cm³/mol. The summed E-state index contributed by atoms with van der Waals surface area (Å²) in [4.78, 5) is 19.4. The summed E-state index contributed by atoms with van der Waals surface area (Å²) >= 11 is 0. The van der Waals surface area contributed by atoms with Crippen molar-refractivity contribution in [1.82, 2.24) is 15.0 Å². The normalized spacial score (nSPS) is 16.8. The second-order valence-electron chi connectivity index (χ2n) is 7.72. The van der Waals surface area contributed by atoms with Gasteiger partial charge in [0.15, 0.2) is 0 Å². The Morgan fingerprint density at radius 2 is 2.03 bits per heavy atom. The number of hydrogen-bond acceptors (Lipinski definition) is 5. The molecule has 156 valence electrons. The highest BCUT2D eigenvalue weighted by molar-refractivity contribution is 5.96. The van der Waals surface area contributed by atoms with Crippen LogP contribution in [0.4, 0.5) is 4.39 Å². The van der Waals surface area contributed by atoms with Crippen molar-refractivity contribution in [2.24, 2.45) is 0 Å². The van der Waals surface area contributed by atoms with E-state index in [0.29, 0.717) is 53.5 Å². The Morgan fingerprint density at radius 3 is 2.73 bits per heavy atom. The highest BCUT2D eigenvalue weighted by atomic mass is 19.1. The summed E-state index contributed by atoms with van der Waals surface area (Å²) in [6.45, 7) is 7.01. The number of benzene rings is 1. The number of hydrogen-bond donors (Lipinski definition) is 0. The molecule has 0 spiro atoms. The molecule has 1 aliphatic heterocycles. The van der Waals surface area contributed by atoms with Crippen LogP contribution in [-0.2, 0) is 4.74 Å². The van der Waals surface area contributed by atoms with E-state index in [1.54, 1.807) is 36.2 Å². The molecule has 0 saturated carbocycles. The van der Waals surface area contributed by atoms with Crippen LogP contribution in [0.5, 0.6) is 0 Å². The topological polar surface area (TPSA) is 68.5 Å². The molecule has 1 fully saturated rings. The highest BCUT2D eigenvalue weighted by Crippen LogP contribution is 2.28. The zero-order valence-corrected chi connectivity index (χ0v) is 17.3. The summed E-state index contributed by atoms with van der Waals surface area (Å²) in [5.74, 6) is 0.224. The van der Waals surface area contributed by atoms with E-state index in [1.807, 2.05) is 26.0 Å². The first-order valence-corrected chi connectivity index (χ1v) is 10.0. The molecule has 0 bridgehead atoms. The van der Waals surface area contributed by atoms with E-state index in [0.717, 1.165) is 0 Å². The Labute approximate surface area is 174 Å². The van der Waals surface area contributed by atoms with Crippen LogP contribution in [0.3, 0.4) is 0 Å². The van der Waals surface area contributed by atoms with Gasteiger partial charge in [0.05, 0.1) is 24.5 Å². The molecule has 1 aliphatic rings. The predicted octanol–water partition coefficient (Wildman–Crippen LogP) is 4.52. The summed E-state index contributed by atoms with van der Waals surface area (Å²) < 4.78 is 25.2. The van der Waals surface area contributed by atoms with E-state index in [2.05, 4.69) is 10.1 Å². The van der Waals surface area contributed by atoms with Gasteiger partial charge in [-0.05, 0) is 25.0 Å². The molecule has 0 N–H and O–H groups in total. The average molecular weight is 409 g/mol. The number of halogens is 1. The molecule has 1 aromatic carbocycles. The number of carbonyl (C=O) groups is 1. The summed E-state index contributed by atoms with van der Waals surface area (Å²) in [7, 11) is 0. The molecule has 7 heteroatoms. The number of pyridine rings is 1. The molecule has 0 unspecified atom stereocenters. The zero-order chi connectivity index (χ0) is 21.3. The molecule has 1 amide bonds. The van der Waals surface area contributed by atoms with Gasteiger partial charge >= 0.3 is 0 Å². The third-order valence-electron chi connectivity index (χ3n) is 5.30. The first-order chi connectivity index (χ1) is 14.5. The van der Waals surface area contributed by atoms with Crippen LogP contribution in [0.1, 0.15) is 53.4 Å². The highest BCUT2D eigenvalue weighted by Gasteiger charge is 2.31. The number of nitrogens with zero attached hydrogens (tertiary/aromatic N) is 3. The van der Waals surface area contributed by atoms with Gasteiger partial charge in [0.25, 0.3) is 5.91 Å². The third kappa shape index (κ3) is 3.85. The fourth-order valence-electron chi connectivity index (χ4n) is 3.66. The lowest BCUT2D eigenvalue weighted by molar-refractivity contribution is -0.0248. The molecule has 4 rings (SSSR count). The van der Waals surface area contributed by atoms with Crippen molar-refractivity contribution in [2.75, 3.05) is 19.7 Å². The SMILES string of the molecule is Cc1onc(C(C)C)c1C(=O)N1CCO[C@@H](c2ccc(-c3ccccc3F)cn2)C1. The maximum Gasteiger partial charge on any atom is 0.259 e. The van der Waals surface area contributed by atoms with Gasteiger partial charge in [-0.15, -0.1) is 0 Å². The van der Waals surface area contributed by atoms with E-state index >= 15 is 0 Å². The molecule has 1 saturated heterocycles. The molecule has 3 heterocycles. The van der Waals surface area contributed by atoms with Gasteiger partial charge in [0, 0.05) is 23.9 Å². The molecular weight excluding hydrogens is 385 g/mol. The summed E-state index contributed by atoms with van der Waals surface area (Å²) in [6, 6.07) is 10.2. The van der Waals surface area contributed by atoms with E-state index in [4.69, 9.17) is 9.26 Å². The standard InChI is InChI=1S/C23H24FN3O3/c1-14(2)22-21(15(3)30-26-22)23(28)27-10-11-29-20(13-27)19-9-8-16(12-25-19)17-6-4-5-7-18(17)24/h4-9,12,14,20H,10-11,13H2,1-3H3/t20-/m1/s1. The summed E-state index contributed by atoms with van der Waals surface area (Å²) in [5.41, 5.74) is 3.12. The first kappa shape index (κ1) is 20.2. The number of carbonyl (C=O) groups excluding carboxylic acids is 1. The largest absolute Gasteiger partial charge is 0.368 e. The van der Waals surface area contributed by atoms with Gasteiger partial charge in [0.2, 0.25) is 0 Å². The summed E-state index contributed by atoms with van der Waals surface area (Å²) in [5, 5.41) is 4.06. The molecule has 30 heavy (non-hydrogen) atoms. The molecule has 3 aromatic rings. The quantitative estimate of drug-likeness (QED) is 0.634. The Hall–Kier alpha value is -3.06. The minimum atomic E-state index is -0.347. The molecule has 0 aliphatic carbocycles. The Bertz CT molecular complexity index is 1050. The number of rotatable bonds is 4. The van der Waals surface area contributed by atoms with Gasteiger partial charge < -0.3 is 14.2 Å². The second kappa shape index (κ2) is 8.36. The second-order valence-corrected chi connectivity index (χ2v) is 7.72. The minimum Gasteiger partial charge on any atom is -0.368 e. The number of morpholine rings is 1. The van der Waals surface area contributed by atoms with Crippen LogP contribution in [0.25, 0.3) is 11.1 Å². The third-order valence-corrected chi connectivity index (χ3v) is 5.30. The lowest BCUT2D eigenvalue weighted by atomic mass is 10.0. The van der Waals surface area contributed by atoms with Gasteiger partial charge in [-0.25, -0.2) is 4.39 Å². The fraction of sp³-hybridized carbons (Fsp3) is 0.348. The van der Waals surface area contributed by atoms with Crippen LogP contribution in [0, 0.1) is 12.7 Å². The van der Waals surface area contributed by atoms with Crippen LogP contribution in [0.15, 0.2) is 47.1 Å². The molecule has 0 radical (unpaired) electrons. The molecular formula is C23H24FN3O3. The number of aromatic nitrogens is 2. The fourth-order valence-corrected chi connectivity index (χ4v) is 3.66. The van der Waals surface area contributed by atoms with E-state index in [9.17, 15) is 9.18 Å². The monoisotopic (exact) mass is 409 g/mol.